The molecule has 0 aliphatic rings. The van der Waals surface area contributed by atoms with Gasteiger partial charge in [-0.3, -0.25) is 14.0 Å². The number of rotatable bonds is 5. The highest BCUT2D eigenvalue weighted by Gasteiger charge is 2.18. The zero-order chi connectivity index (χ0) is 24.2. The van der Waals surface area contributed by atoms with Crippen molar-refractivity contribution >= 4 is 46.5 Å². The van der Waals surface area contributed by atoms with Gasteiger partial charge >= 0.3 is 0 Å². The Morgan fingerprint density at radius 1 is 1.12 bits per heavy atom. The number of benzene rings is 2. The minimum absolute atomic E-state index is 0.0591. The van der Waals surface area contributed by atoms with Crippen molar-refractivity contribution in [2.75, 3.05) is 5.32 Å². The molecule has 4 rings (SSSR count). The first kappa shape index (κ1) is 23.1. The van der Waals surface area contributed by atoms with Crippen LogP contribution in [0.4, 0.5) is 5.69 Å². The topological polar surface area (TPSA) is 96.5 Å². The number of amides is 1. The van der Waals surface area contributed by atoms with E-state index < -0.39 is 11.5 Å². The number of para-hydroxylation sites is 1. The Balaban J connectivity index is 1.82. The van der Waals surface area contributed by atoms with E-state index in [-0.39, 0.29) is 17.0 Å². The third-order valence-corrected chi connectivity index (χ3v) is 5.61. The predicted molar refractivity (Wildman–Crippen MR) is 131 cm³/mol. The van der Waals surface area contributed by atoms with Crippen LogP contribution in [0, 0.1) is 18.3 Å². The lowest BCUT2D eigenvalue weighted by Crippen LogP contribution is -2.20. The molecule has 0 atom stereocenters. The van der Waals surface area contributed by atoms with Gasteiger partial charge in [0.15, 0.2) is 0 Å². The van der Waals surface area contributed by atoms with E-state index in [2.05, 4.69) is 10.3 Å². The molecule has 0 unspecified atom stereocenters. The summed E-state index contributed by atoms with van der Waals surface area (Å²) in [6, 6.07) is 18.5. The fourth-order valence-electron chi connectivity index (χ4n) is 3.12. The molecule has 0 saturated heterocycles. The summed E-state index contributed by atoms with van der Waals surface area (Å²) in [6.45, 7) is 1.81. The number of anilines is 1. The molecule has 1 N–H and O–H groups in total. The Labute approximate surface area is 204 Å². The number of nitrogens with zero attached hydrogens (tertiary/aromatic N) is 3. The van der Waals surface area contributed by atoms with Crippen LogP contribution in [0.5, 0.6) is 11.6 Å². The summed E-state index contributed by atoms with van der Waals surface area (Å²) in [7, 11) is 0. The van der Waals surface area contributed by atoms with Gasteiger partial charge in [0.05, 0.1) is 10.7 Å². The smallest absolute Gasteiger partial charge is 0.269 e. The van der Waals surface area contributed by atoms with Gasteiger partial charge < -0.3 is 10.1 Å². The average molecular weight is 491 g/mol. The number of nitriles is 1. The lowest BCUT2D eigenvalue weighted by Gasteiger charge is -2.11. The number of hydrogen-bond donors (Lipinski definition) is 1. The summed E-state index contributed by atoms with van der Waals surface area (Å²) >= 11 is 12.2. The van der Waals surface area contributed by atoms with Gasteiger partial charge in [-0.1, -0.05) is 41.4 Å². The number of carbonyl (C=O) groups is 1. The number of fused-ring (bicyclic) bond motifs is 1. The second-order valence-electron chi connectivity index (χ2n) is 7.18. The minimum Gasteiger partial charge on any atom is -0.438 e. The maximum absolute atomic E-state index is 13.3. The number of ether oxygens (including phenoxy) is 1. The lowest BCUT2D eigenvalue weighted by atomic mass is 10.1. The summed E-state index contributed by atoms with van der Waals surface area (Å²) in [6.07, 6.45) is 2.69. The van der Waals surface area contributed by atoms with Crippen molar-refractivity contribution in [1.82, 2.24) is 9.38 Å². The quantitative estimate of drug-likeness (QED) is 0.288. The van der Waals surface area contributed by atoms with E-state index in [0.29, 0.717) is 27.1 Å². The number of nitrogens with one attached hydrogen (secondary N) is 1. The molecule has 2 aromatic carbocycles. The van der Waals surface area contributed by atoms with Gasteiger partial charge in [0.1, 0.15) is 28.6 Å². The number of aryl methyl sites for hydroxylation is 1. The normalized spacial score (nSPS) is 11.2. The summed E-state index contributed by atoms with van der Waals surface area (Å²) in [4.78, 5) is 30.5. The summed E-state index contributed by atoms with van der Waals surface area (Å²) < 4.78 is 7.21. The van der Waals surface area contributed by atoms with Crippen molar-refractivity contribution in [3.63, 3.8) is 0 Å². The number of pyridine rings is 1. The predicted octanol–water partition coefficient (Wildman–Crippen LogP) is 5.65. The van der Waals surface area contributed by atoms with Crippen molar-refractivity contribution in [2.45, 2.75) is 6.92 Å². The molecule has 9 heteroatoms. The summed E-state index contributed by atoms with van der Waals surface area (Å²) in [5.41, 5.74) is 0.533. The van der Waals surface area contributed by atoms with Crippen molar-refractivity contribution in [3.05, 3.63) is 104 Å². The number of carbonyl (C=O) groups excluding carboxylic acids is 1. The zero-order valence-electron chi connectivity index (χ0n) is 17.8. The van der Waals surface area contributed by atoms with Crippen LogP contribution in [0.15, 0.2) is 77.2 Å². The van der Waals surface area contributed by atoms with Crippen LogP contribution >= 0.6 is 23.2 Å². The number of aromatic nitrogens is 2. The molecule has 0 bridgehead atoms. The Morgan fingerprint density at radius 2 is 1.88 bits per heavy atom. The molecular formula is C25H16Cl2N4O3. The Hall–Kier alpha value is -4.12. The molecule has 0 radical (unpaired) electrons. The molecule has 0 aliphatic carbocycles. The summed E-state index contributed by atoms with van der Waals surface area (Å²) in [5, 5.41) is 13.1. The zero-order valence-corrected chi connectivity index (χ0v) is 19.3. The fraction of sp³-hybridized carbons (Fsp3) is 0.0400. The third-order valence-electron chi connectivity index (χ3n) is 4.85. The van der Waals surface area contributed by atoms with Gasteiger partial charge in [0.25, 0.3) is 11.5 Å². The van der Waals surface area contributed by atoms with Crippen LogP contribution in [-0.4, -0.2) is 15.3 Å². The van der Waals surface area contributed by atoms with E-state index in [9.17, 15) is 14.9 Å². The van der Waals surface area contributed by atoms with Crippen LogP contribution in [0.3, 0.4) is 0 Å². The molecule has 0 aliphatic heterocycles. The highest BCUT2D eigenvalue weighted by Crippen LogP contribution is 2.28. The van der Waals surface area contributed by atoms with Gasteiger partial charge in [-0.05, 0) is 61.0 Å². The molecule has 7 nitrogen and oxygen atoms in total. The van der Waals surface area contributed by atoms with Crippen molar-refractivity contribution < 1.29 is 9.53 Å². The highest BCUT2D eigenvalue weighted by molar-refractivity contribution is 6.34. The van der Waals surface area contributed by atoms with Gasteiger partial charge in [-0.15, -0.1) is 0 Å². The molecule has 1 amide bonds. The second-order valence-corrected chi connectivity index (χ2v) is 8.00. The van der Waals surface area contributed by atoms with E-state index in [1.165, 1.54) is 10.6 Å². The van der Waals surface area contributed by atoms with Crippen LogP contribution in [0.1, 0.15) is 11.1 Å². The first-order valence-electron chi connectivity index (χ1n) is 10.0. The van der Waals surface area contributed by atoms with Gasteiger partial charge in [0, 0.05) is 11.2 Å². The van der Waals surface area contributed by atoms with E-state index in [1.807, 2.05) is 13.0 Å². The molecule has 34 heavy (non-hydrogen) atoms. The maximum Gasteiger partial charge on any atom is 0.269 e. The van der Waals surface area contributed by atoms with Crippen LogP contribution in [0.25, 0.3) is 11.7 Å². The standard InChI is InChI=1S/C25H16Cl2N4O3/c1-15-12-17(9-10-19(15)26)34-24-18(25(33)31-11-5-4-8-22(31)30-24)13-16(14-28)23(32)29-21-7-3-2-6-20(21)27/h2-13H,1H3,(H,29,32)/b16-13-. The van der Waals surface area contributed by atoms with E-state index >= 15 is 0 Å². The molecular weight excluding hydrogens is 475 g/mol. The van der Waals surface area contributed by atoms with Crippen molar-refractivity contribution in [3.8, 4) is 17.7 Å². The van der Waals surface area contributed by atoms with E-state index in [0.717, 1.165) is 11.6 Å². The molecule has 168 valence electrons. The SMILES string of the molecule is Cc1cc(Oc2nc3ccccn3c(=O)c2/C=C(/C#N)C(=O)Nc2ccccc2Cl)ccc1Cl. The molecule has 0 fully saturated rings. The second kappa shape index (κ2) is 9.79. The largest absolute Gasteiger partial charge is 0.438 e. The van der Waals surface area contributed by atoms with Gasteiger partial charge in [-0.2, -0.15) is 10.2 Å². The fourth-order valence-corrected chi connectivity index (χ4v) is 3.42. The summed E-state index contributed by atoms with van der Waals surface area (Å²) in [5.74, 6) is -0.402. The van der Waals surface area contributed by atoms with E-state index in [1.54, 1.807) is 60.7 Å². The van der Waals surface area contributed by atoms with Crippen molar-refractivity contribution in [1.29, 1.82) is 5.26 Å². The van der Waals surface area contributed by atoms with Crippen LogP contribution < -0.4 is 15.6 Å². The van der Waals surface area contributed by atoms with Crippen LogP contribution in [-0.2, 0) is 4.79 Å². The Bertz CT molecular complexity index is 1550. The molecule has 0 saturated carbocycles. The molecule has 2 heterocycles. The minimum atomic E-state index is -0.735. The molecule has 0 spiro atoms. The monoisotopic (exact) mass is 490 g/mol. The number of halogens is 2. The highest BCUT2D eigenvalue weighted by atomic mass is 35.5. The Kier molecular flexibility index (Phi) is 6.64. The van der Waals surface area contributed by atoms with Gasteiger partial charge in [-0.25, -0.2) is 0 Å². The number of hydrogen-bond acceptors (Lipinski definition) is 5. The van der Waals surface area contributed by atoms with Crippen LogP contribution in [0.2, 0.25) is 10.0 Å². The molecule has 2 aromatic heterocycles. The average Bonchev–Trinajstić information content (AvgIpc) is 2.83. The van der Waals surface area contributed by atoms with Crippen molar-refractivity contribution in [2.24, 2.45) is 0 Å². The third kappa shape index (κ3) is 4.79. The van der Waals surface area contributed by atoms with Gasteiger partial charge in [0.2, 0.25) is 5.88 Å². The lowest BCUT2D eigenvalue weighted by molar-refractivity contribution is -0.112. The molecule has 4 aromatic rings. The van der Waals surface area contributed by atoms with E-state index in [4.69, 9.17) is 27.9 Å². The maximum atomic E-state index is 13.3. The first-order valence-corrected chi connectivity index (χ1v) is 10.8. The first-order chi connectivity index (χ1) is 16.4. The Morgan fingerprint density at radius 3 is 2.62 bits per heavy atom.